The number of aryl methyl sites for hydroxylation is 1. The second-order valence-corrected chi connectivity index (χ2v) is 4.12. The monoisotopic (exact) mass is 275 g/mol. The van der Waals surface area contributed by atoms with Crippen LogP contribution in [-0.2, 0) is 4.74 Å². The molecule has 0 fully saturated rings. The van der Waals surface area contributed by atoms with Crippen molar-refractivity contribution in [2.24, 2.45) is 0 Å². The van der Waals surface area contributed by atoms with Crippen molar-refractivity contribution in [2.45, 2.75) is 20.8 Å². The van der Waals surface area contributed by atoms with Gasteiger partial charge < -0.3 is 10.1 Å². The van der Waals surface area contributed by atoms with E-state index < -0.39 is 5.97 Å². The third-order valence-electron chi connectivity index (χ3n) is 2.59. The van der Waals surface area contributed by atoms with Crippen LogP contribution in [0.4, 0.5) is 5.95 Å². The molecule has 0 aliphatic rings. The molecule has 2 aromatic heterocycles. The van der Waals surface area contributed by atoms with Crippen LogP contribution < -0.4 is 5.32 Å². The minimum atomic E-state index is -0.391. The summed E-state index contributed by atoms with van der Waals surface area (Å²) in [5.74, 6) is 0.769. The molecule has 0 radical (unpaired) electrons. The zero-order valence-electron chi connectivity index (χ0n) is 11.8. The Labute approximate surface area is 117 Å². The fourth-order valence-corrected chi connectivity index (χ4v) is 1.67. The zero-order valence-corrected chi connectivity index (χ0v) is 11.8. The minimum Gasteiger partial charge on any atom is -0.462 e. The molecule has 0 bridgehead atoms. The second kappa shape index (κ2) is 6.14. The van der Waals surface area contributed by atoms with Gasteiger partial charge in [-0.2, -0.15) is 10.1 Å². The van der Waals surface area contributed by atoms with E-state index in [2.05, 4.69) is 20.4 Å². The smallest absolute Gasteiger partial charge is 0.341 e. The summed E-state index contributed by atoms with van der Waals surface area (Å²) in [7, 11) is 0. The summed E-state index contributed by atoms with van der Waals surface area (Å²) in [6.07, 6.45) is 4.78. The van der Waals surface area contributed by atoms with E-state index in [1.54, 1.807) is 24.0 Å². The molecule has 20 heavy (non-hydrogen) atoms. The molecule has 0 aliphatic heterocycles. The van der Waals surface area contributed by atoms with Crippen LogP contribution in [0.1, 0.15) is 29.8 Å². The van der Waals surface area contributed by atoms with E-state index in [9.17, 15) is 4.79 Å². The standard InChI is InChI=1S/C13H17N5O2/c1-4-14-13-15-6-9(3)11(17-13)18-8-10(7-16-18)12(19)20-5-2/h6-8H,4-5H2,1-3H3,(H,14,15,17). The Hall–Kier alpha value is -2.44. The first-order chi connectivity index (χ1) is 9.65. The molecule has 0 amide bonds. The predicted octanol–water partition coefficient (Wildman–Crippen LogP) is 1.58. The molecule has 7 heteroatoms. The van der Waals surface area contributed by atoms with Crippen molar-refractivity contribution in [1.82, 2.24) is 19.7 Å². The Balaban J connectivity index is 2.31. The van der Waals surface area contributed by atoms with E-state index in [0.29, 0.717) is 23.9 Å². The average molecular weight is 275 g/mol. The zero-order chi connectivity index (χ0) is 14.5. The van der Waals surface area contributed by atoms with Crippen molar-refractivity contribution < 1.29 is 9.53 Å². The molecule has 7 nitrogen and oxygen atoms in total. The maximum absolute atomic E-state index is 11.6. The maximum atomic E-state index is 11.6. The molecule has 2 aromatic rings. The van der Waals surface area contributed by atoms with Gasteiger partial charge in [-0.15, -0.1) is 0 Å². The molecular weight excluding hydrogens is 258 g/mol. The lowest BCUT2D eigenvalue weighted by Crippen LogP contribution is -2.08. The van der Waals surface area contributed by atoms with Crippen LogP contribution in [0.25, 0.3) is 5.82 Å². The molecule has 0 aliphatic carbocycles. The van der Waals surface area contributed by atoms with E-state index in [0.717, 1.165) is 12.1 Å². The van der Waals surface area contributed by atoms with E-state index in [-0.39, 0.29) is 0 Å². The summed E-state index contributed by atoms with van der Waals surface area (Å²) < 4.78 is 6.48. The highest BCUT2D eigenvalue weighted by molar-refractivity contribution is 5.88. The topological polar surface area (TPSA) is 81.9 Å². The summed E-state index contributed by atoms with van der Waals surface area (Å²) >= 11 is 0. The molecule has 0 atom stereocenters. The molecule has 0 spiro atoms. The highest BCUT2D eigenvalue weighted by atomic mass is 16.5. The fraction of sp³-hybridized carbons (Fsp3) is 0.385. The van der Waals surface area contributed by atoms with Crippen LogP contribution in [0.5, 0.6) is 0 Å². The lowest BCUT2D eigenvalue weighted by atomic mass is 10.3. The first-order valence-corrected chi connectivity index (χ1v) is 6.45. The molecule has 2 rings (SSSR count). The Morgan fingerprint density at radius 2 is 2.20 bits per heavy atom. The number of carbonyl (C=O) groups is 1. The quantitative estimate of drug-likeness (QED) is 0.834. The van der Waals surface area contributed by atoms with E-state index >= 15 is 0 Å². The van der Waals surface area contributed by atoms with Gasteiger partial charge in [0, 0.05) is 24.5 Å². The predicted molar refractivity (Wildman–Crippen MR) is 74.0 cm³/mol. The van der Waals surface area contributed by atoms with Gasteiger partial charge in [-0.3, -0.25) is 0 Å². The molecular formula is C13H17N5O2. The van der Waals surface area contributed by atoms with Crippen LogP contribution in [0.3, 0.4) is 0 Å². The molecule has 2 heterocycles. The highest BCUT2D eigenvalue weighted by Crippen LogP contribution is 2.13. The Bertz CT molecular complexity index is 609. The van der Waals surface area contributed by atoms with Crippen molar-refractivity contribution in [2.75, 3.05) is 18.5 Å². The first kappa shape index (κ1) is 14.0. The van der Waals surface area contributed by atoms with Gasteiger partial charge in [-0.25, -0.2) is 14.5 Å². The Morgan fingerprint density at radius 3 is 2.90 bits per heavy atom. The van der Waals surface area contributed by atoms with Crippen molar-refractivity contribution >= 4 is 11.9 Å². The molecule has 0 saturated heterocycles. The van der Waals surface area contributed by atoms with Gasteiger partial charge in [0.1, 0.15) is 0 Å². The number of aromatic nitrogens is 4. The minimum absolute atomic E-state index is 0.334. The lowest BCUT2D eigenvalue weighted by molar-refractivity contribution is 0.0526. The van der Waals surface area contributed by atoms with Crippen LogP contribution >= 0.6 is 0 Å². The van der Waals surface area contributed by atoms with Gasteiger partial charge in [-0.05, 0) is 20.8 Å². The van der Waals surface area contributed by atoms with Gasteiger partial charge in [-0.1, -0.05) is 0 Å². The van der Waals surface area contributed by atoms with Gasteiger partial charge in [0.2, 0.25) is 5.95 Å². The summed E-state index contributed by atoms with van der Waals surface area (Å²) in [5, 5.41) is 7.19. The molecule has 0 saturated carbocycles. The number of hydrogen-bond donors (Lipinski definition) is 1. The Morgan fingerprint density at radius 1 is 1.40 bits per heavy atom. The van der Waals surface area contributed by atoms with Crippen LogP contribution in [0.15, 0.2) is 18.6 Å². The summed E-state index contributed by atoms with van der Waals surface area (Å²) in [6, 6.07) is 0. The summed E-state index contributed by atoms with van der Waals surface area (Å²) in [5.41, 5.74) is 1.26. The van der Waals surface area contributed by atoms with Gasteiger partial charge >= 0.3 is 5.97 Å². The van der Waals surface area contributed by atoms with Gasteiger partial charge in [0.15, 0.2) is 5.82 Å². The third-order valence-corrected chi connectivity index (χ3v) is 2.59. The number of esters is 1. The number of hydrogen-bond acceptors (Lipinski definition) is 6. The maximum Gasteiger partial charge on any atom is 0.341 e. The normalized spacial score (nSPS) is 10.3. The van der Waals surface area contributed by atoms with Crippen molar-refractivity contribution in [3.63, 3.8) is 0 Å². The van der Waals surface area contributed by atoms with Crippen molar-refractivity contribution in [1.29, 1.82) is 0 Å². The number of carbonyl (C=O) groups excluding carboxylic acids is 1. The van der Waals surface area contributed by atoms with Gasteiger partial charge in [0.05, 0.1) is 18.4 Å². The van der Waals surface area contributed by atoms with E-state index in [4.69, 9.17) is 4.74 Å². The molecule has 0 aromatic carbocycles. The number of ether oxygens (including phenoxy) is 1. The number of anilines is 1. The molecule has 1 N–H and O–H groups in total. The third kappa shape index (κ3) is 2.93. The second-order valence-electron chi connectivity index (χ2n) is 4.12. The van der Waals surface area contributed by atoms with Gasteiger partial charge in [0.25, 0.3) is 0 Å². The van der Waals surface area contributed by atoms with E-state index in [1.165, 1.54) is 6.20 Å². The summed E-state index contributed by atoms with van der Waals surface area (Å²) in [4.78, 5) is 20.2. The highest BCUT2D eigenvalue weighted by Gasteiger charge is 2.12. The van der Waals surface area contributed by atoms with E-state index in [1.807, 2.05) is 13.8 Å². The van der Waals surface area contributed by atoms with Crippen LogP contribution in [0, 0.1) is 6.92 Å². The SMILES string of the molecule is CCNc1ncc(C)c(-n2cc(C(=O)OCC)cn2)n1. The number of rotatable bonds is 5. The van der Waals surface area contributed by atoms with Crippen LogP contribution in [-0.4, -0.2) is 38.9 Å². The fourth-order valence-electron chi connectivity index (χ4n) is 1.67. The number of nitrogens with one attached hydrogen (secondary N) is 1. The van der Waals surface area contributed by atoms with Crippen molar-refractivity contribution in [3.8, 4) is 5.82 Å². The Kier molecular flexibility index (Phi) is 4.29. The van der Waals surface area contributed by atoms with Crippen molar-refractivity contribution in [3.05, 3.63) is 29.7 Å². The van der Waals surface area contributed by atoms with Crippen LogP contribution in [0.2, 0.25) is 0 Å². The number of nitrogens with zero attached hydrogens (tertiary/aromatic N) is 4. The molecule has 106 valence electrons. The lowest BCUT2D eigenvalue weighted by Gasteiger charge is -2.07. The first-order valence-electron chi connectivity index (χ1n) is 6.45. The largest absolute Gasteiger partial charge is 0.462 e. The molecule has 0 unspecified atom stereocenters. The summed E-state index contributed by atoms with van der Waals surface area (Å²) in [6.45, 7) is 6.68. The average Bonchev–Trinajstić information content (AvgIpc) is 2.91.